The van der Waals surface area contributed by atoms with E-state index in [1.54, 1.807) is 30.3 Å². The number of para-hydroxylation sites is 1. The van der Waals surface area contributed by atoms with Crippen LogP contribution in [0.1, 0.15) is 17.3 Å². The fraction of sp³-hybridized carbons (Fsp3) is 0.263. The zero-order chi connectivity index (χ0) is 19.3. The molecule has 0 aliphatic carbocycles. The van der Waals surface area contributed by atoms with Crippen molar-refractivity contribution in [1.82, 2.24) is 4.90 Å². The molecular formula is C19H21Cl2N3O2. The molecule has 138 valence electrons. The fourth-order valence-electron chi connectivity index (χ4n) is 2.40. The Labute approximate surface area is 163 Å². The summed E-state index contributed by atoms with van der Waals surface area (Å²) >= 11 is 12.1. The highest BCUT2D eigenvalue weighted by atomic mass is 35.5. The van der Waals surface area contributed by atoms with E-state index in [9.17, 15) is 9.59 Å². The van der Waals surface area contributed by atoms with Crippen molar-refractivity contribution in [3.63, 3.8) is 0 Å². The summed E-state index contributed by atoms with van der Waals surface area (Å²) < 4.78 is 0. The van der Waals surface area contributed by atoms with Crippen LogP contribution in [0.2, 0.25) is 10.0 Å². The number of rotatable bonds is 6. The third-order valence-corrected chi connectivity index (χ3v) is 4.47. The molecule has 2 amide bonds. The Morgan fingerprint density at radius 1 is 1.04 bits per heavy atom. The lowest BCUT2D eigenvalue weighted by Crippen LogP contribution is -2.38. The fourth-order valence-corrected chi connectivity index (χ4v) is 2.89. The molecule has 2 aromatic carbocycles. The number of hydrogen-bond acceptors (Lipinski definition) is 3. The number of halogens is 2. The summed E-state index contributed by atoms with van der Waals surface area (Å²) in [5, 5.41) is 3.37. The van der Waals surface area contributed by atoms with Crippen LogP contribution in [-0.2, 0) is 4.79 Å². The van der Waals surface area contributed by atoms with Crippen molar-refractivity contribution in [2.24, 2.45) is 0 Å². The van der Waals surface area contributed by atoms with Crippen LogP contribution >= 0.6 is 23.2 Å². The lowest BCUT2D eigenvalue weighted by atomic mass is 10.1. The zero-order valence-corrected chi connectivity index (χ0v) is 16.4. The predicted octanol–water partition coefficient (Wildman–Crippen LogP) is 4.16. The second-order valence-electron chi connectivity index (χ2n) is 5.91. The van der Waals surface area contributed by atoms with E-state index in [2.05, 4.69) is 5.32 Å². The van der Waals surface area contributed by atoms with Crippen LogP contribution in [0.3, 0.4) is 0 Å². The minimum Gasteiger partial charge on any atom is -0.378 e. The first-order valence-electron chi connectivity index (χ1n) is 8.14. The number of carbonyl (C=O) groups excluding carboxylic acids is 2. The standard InChI is InChI=1S/C19H21Cl2N3O2/c1-4-24(19(26)13-7-5-8-14(11-13)23(2)3)12-17(25)22-18-15(20)9-6-10-16(18)21/h5-11H,4,12H2,1-3H3,(H,22,25). The molecular weight excluding hydrogens is 373 g/mol. The number of hydrogen-bond donors (Lipinski definition) is 1. The van der Waals surface area contributed by atoms with Gasteiger partial charge in [-0.3, -0.25) is 9.59 Å². The molecule has 7 heteroatoms. The molecule has 0 atom stereocenters. The van der Waals surface area contributed by atoms with Crippen molar-refractivity contribution >= 4 is 46.4 Å². The molecule has 0 unspecified atom stereocenters. The van der Waals surface area contributed by atoms with E-state index < -0.39 is 0 Å². The van der Waals surface area contributed by atoms with Gasteiger partial charge in [0.15, 0.2) is 0 Å². The summed E-state index contributed by atoms with van der Waals surface area (Å²) in [4.78, 5) is 28.5. The molecule has 0 aliphatic heterocycles. The summed E-state index contributed by atoms with van der Waals surface area (Å²) in [6.45, 7) is 2.13. The van der Waals surface area contributed by atoms with Crippen molar-refractivity contribution in [1.29, 1.82) is 0 Å². The Kier molecular flexibility index (Phi) is 6.89. The van der Waals surface area contributed by atoms with Gasteiger partial charge in [0.25, 0.3) is 5.91 Å². The summed E-state index contributed by atoms with van der Waals surface area (Å²) in [7, 11) is 3.81. The van der Waals surface area contributed by atoms with E-state index in [0.29, 0.717) is 27.8 Å². The molecule has 0 aromatic heterocycles. The van der Waals surface area contributed by atoms with Gasteiger partial charge in [-0.2, -0.15) is 0 Å². The van der Waals surface area contributed by atoms with Crippen LogP contribution in [0.25, 0.3) is 0 Å². The Bertz CT molecular complexity index is 789. The first-order valence-corrected chi connectivity index (χ1v) is 8.89. The molecule has 0 saturated heterocycles. The summed E-state index contributed by atoms with van der Waals surface area (Å²) in [6.07, 6.45) is 0. The topological polar surface area (TPSA) is 52.7 Å². The molecule has 0 bridgehead atoms. The van der Waals surface area contributed by atoms with Crippen molar-refractivity contribution < 1.29 is 9.59 Å². The molecule has 2 aromatic rings. The van der Waals surface area contributed by atoms with E-state index in [0.717, 1.165) is 5.69 Å². The molecule has 1 N–H and O–H groups in total. The van der Waals surface area contributed by atoms with Gasteiger partial charge in [-0.1, -0.05) is 35.3 Å². The van der Waals surface area contributed by atoms with Gasteiger partial charge in [0.05, 0.1) is 15.7 Å². The van der Waals surface area contributed by atoms with Gasteiger partial charge < -0.3 is 15.1 Å². The quantitative estimate of drug-likeness (QED) is 0.801. The summed E-state index contributed by atoms with van der Waals surface area (Å²) in [6, 6.07) is 12.2. The van der Waals surface area contributed by atoms with Crippen LogP contribution < -0.4 is 10.2 Å². The highest BCUT2D eigenvalue weighted by Gasteiger charge is 2.19. The van der Waals surface area contributed by atoms with Gasteiger partial charge >= 0.3 is 0 Å². The Morgan fingerprint density at radius 2 is 1.65 bits per heavy atom. The van der Waals surface area contributed by atoms with Crippen LogP contribution in [0.5, 0.6) is 0 Å². The SMILES string of the molecule is CCN(CC(=O)Nc1c(Cl)cccc1Cl)C(=O)c1cccc(N(C)C)c1. The molecule has 5 nitrogen and oxygen atoms in total. The molecule has 0 spiro atoms. The smallest absolute Gasteiger partial charge is 0.254 e. The van der Waals surface area contributed by atoms with Crippen LogP contribution in [0.15, 0.2) is 42.5 Å². The van der Waals surface area contributed by atoms with Gasteiger partial charge in [0, 0.05) is 31.9 Å². The minimum atomic E-state index is -0.362. The molecule has 0 fully saturated rings. The van der Waals surface area contributed by atoms with E-state index in [1.807, 2.05) is 38.1 Å². The van der Waals surface area contributed by atoms with Gasteiger partial charge in [0.2, 0.25) is 5.91 Å². The monoisotopic (exact) mass is 393 g/mol. The number of nitrogens with one attached hydrogen (secondary N) is 1. The summed E-state index contributed by atoms with van der Waals surface area (Å²) in [5.74, 6) is -0.574. The van der Waals surface area contributed by atoms with Gasteiger partial charge in [-0.15, -0.1) is 0 Å². The molecule has 0 saturated carbocycles. The highest BCUT2D eigenvalue weighted by molar-refractivity contribution is 6.39. The van der Waals surface area contributed by atoms with E-state index in [-0.39, 0.29) is 18.4 Å². The highest BCUT2D eigenvalue weighted by Crippen LogP contribution is 2.29. The average Bonchev–Trinajstić information content (AvgIpc) is 2.62. The number of amides is 2. The molecule has 2 rings (SSSR count). The van der Waals surface area contributed by atoms with Crippen molar-refractivity contribution in [2.45, 2.75) is 6.92 Å². The maximum absolute atomic E-state index is 12.7. The first kappa shape index (κ1) is 20.1. The number of nitrogens with zero attached hydrogens (tertiary/aromatic N) is 2. The van der Waals surface area contributed by atoms with E-state index in [1.165, 1.54) is 4.90 Å². The number of anilines is 2. The Balaban J connectivity index is 2.12. The predicted molar refractivity (Wildman–Crippen MR) is 107 cm³/mol. The summed E-state index contributed by atoms with van der Waals surface area (Å²) in [5.41, 5.74) is 1.79. The third kappa shape index (κ3) is 4.90. The third-order valence-electron chi connectivity index (χ3n) is 3.84. The number of benzene rings is 2. The van der Waals surface area contributed by atoms with E-state index >= 15 is 0 Å². The minimum absolute atomic E-state index is 0.0942. The average molecular weight is 394 g/mol. The lowest BCUT2D eigenvalue weighted by Gasteiger charge is -2.22. The Hall–Kier alpha value is -2.24. The zero-order valence-electron chi connectivity index (χ0n) is 14.9. The van der Waals surface area contributed by atoms with Crippen LogP contribution in [0, 0.1) is 0 Å². The van der Waals surface area contributed by atoms with Gasteiger partial charge in [-0.05, 0) is 37.3 Å². The van der Waals surface area contributed by atoms with Crippen molar-refractivity contribution in [2.75, 3.05) is 37.4 Å². The number of likely N-dealkylation sites (N-methyl/N-ethyl adjacent to an activating group) is 1. The number of carbonyl (C=O) groups is 2. The Morgan fingerprint density at radius 3 is 2.23 bits per heavy atom. The van der Waals surface area contributed by atoms with E-state index in [4.69, 9.17) is 23.2 Å². The first-order chi connectivity index (χ1) is 12.3. The maximum Gasteiger partial charge on any atom is 0.254 e. The van der Waals surface area contributed by atoms with Crippen LogP contribution in [-0.4, -0.2) is 43.9 Å². The molecule has 0 radical (unpaired) electrons. The van der Waals surface area contributed by atoms with Crippen LogP contribution in [0.4, 0.5) is 11.4 Å². The lowest BCUT2D eigenvalue weighted by molar-refractivity contribution is -0.116. The van der Waals surface area contributed by atoms with Crippen molar-refractivity contribution in [3.8, 4) is 0 Å². The maximum atomic E-state index is 12.7. The molecule has 26 heavy (non-hydrogen) atoms. The second kappa shape index (κ2) is 8.92. The van der Waals surface area contributed by atoms with Gasteiger partial charge in [0.1, 0.15) is 6.54 Å². The molecule has 0 heterocycles. The van der Waals surface area contributed by atoms with Crippen molar-refractivity contribution in [3.05, 3.63) is 58.1 Å². The second-order valence-corrected chi connectivity index (χ2v) is 6.72. The normalized spacial score (nSPS) is 10.3. The molecule has 0 aliphatic rings. The van der Waals surface area contributed by atoms with Gasteiger partial charge in [-0.25, -0.2) is 0 Å². The largest absolute Gasteiger partial charge is 0.378 e.